The van der Waals surface area contributed by atoms with E-state index in [0.717, 1.165) is 5.56 Å². The molecule has 0 amide bonds. The molecule has 0 unspecified atom stereocenters. The molecule has 0 spiro atoms. The lowest BCUT2D eigenvalue weighted by molar-refractivity contribution is 0.287. The van der Waals surface area contributed by atoms with Gasteiger partial charge in [-0.2, -0.15) is 8.42 Å². The predicted octanol–water partition coefficient (Wildman–Crippen LogP) is 3.56. The molecular formula is C17H20O5S. The summed E-state index contributed by atoms with van der Waals surface area (Å²) < 4.78 is 41.0. The van der Waals surface area contributed by atoms with Crippen LogP contribution in [0.4, 0.5) is 0 Å². The molecule has 0 fully saturated rings. The number of hydrogen-bond donors (Lipinski definition) is 0. The molecule has 0 heterocycles. The second-order valence-electron chi connectivity index (χ2n) is 4.78. The first-order valence-electron chi connectivity index (χ1n) is 7.37. The largest absolute Gasteiger partial charge is 0.490 e. The molecule has 0 bridgehead atoms. The van der Waals surface area contributed by atoms with E-state index in [0.29, 0.717) is 30.5 Å². The Morgan fingerprint density at radius 2 is 1.52 bits per heavy atom. The maximum Gasteiger partial charge on any atom is 0.339 e. The minimum absolute atomic E-state index is 0.0210. The van der Waals surface area contributed by atoms with Crippen LogP contribution in [0.2, 0.25) is 0 Å². The normalized spacial score (nSPS) is 11.1. The molecule has 0 saturated heterocycles. The van der Waals surface area contributed by atoms with Crippen molar-refractivity contribution in [3.8, 4) is 17.2 Å². The molecule has 0 aliphatic heterocycles. The minimum atomic E-state index is -3.94. The lowest BCUT2D eigenvalue weighted by Crippen LogP contribution is -2.11. The van der Waals surface area contributed by atoms with Gasteiger partial charge < -0.3 is 13.7 Å². The lowest BCUT2D eigenvalue weighted by Gasteiger charge is -2.13. The zero-order valence-corrected chi connectivity index (χ0v) is 14.2. The molecule has 0 saturated carbocycles. The Hall–Kier alpha value is -2.21. The highest BCUT2D eigenvalue weighted by atomic mass is 32.2. The summed E-state index contributed by atoms with van der Waals surface area (Å²) in [6.07, 6.45) is 0. The van der Waals surface area contributed by atoms with E-state index in [1.165, 1.54) is 12.1 Å². The highest BCUT2D eigenvalue weighted by molar-refractivity contribution is 7.87. The Morgan fingerprint density at radius 1 is 0.870 bits per heavy atom. The van der Waals surface area contributed by atoms with E-state index in [1.54, 1.807) is 31.2 Å². The van der Waals surface area contributed by atoms with Crippen molar-refractivity contribution in [1.82, 2.24) is 0 Å². The van der Waals surface area contributed by atoms with Crippen molar-refractivity contribution in [1.29, 1.82) is 0 Å². The van der Waals surface area contributed by atoms with E-state index < -0.39 is 10.1 Å². The van der Waals surface area contributed by atoms with Crippen molar-refractivity contribution in [2.75, 3.05) is 13.2 Å². The summed E-state index contributed by atoms with van der Waals surface area (Å²) in [7, 11) is -3.94. The number of rotatable bonds is 7. The Balaban J connectivity index is 2.36. The fourth-order valence-corrected chi connectivity index (χ4v) is 3.01. The summed E-state index contributed by atoms with van der Waals surface area (Å²) in [6.45, 7) is 6.32. The van der Waals surface area contributed by atoms with Gasteiger partial charge in [-0.3, -0.25) is 0 Å². The monoisotopic (exact) mass is 336 g/mol. The van der Waals surface area contributed by atoms with Crippen LogP contribution >= 0.6 is 0 Å². The average Bonchev–Trinajstić information content (AvgIpc) is 2.51. The quantitative estimate of drug-likeness (QED) is 0.724. The highest BCUT2D eigenvalue weighted by Gasteiger charge is 2.20. The summed E-state index contributed by atoms with van der Waals surface area (Å²) in [4.78, 5) is 0.0210. The molecule has 0 aliphatic rings. The summed E-state index contributed by atoms with van der Waals surface area (Å²) in [5.41, 5.74) is 0.743. The zero-order valence-electron chi connectivity index (χ0n) is 13.4. The highest BCUT2D eigenvalue weighted by Crippen LogP contribution is 2.31. The zero-order chi connectivity index (χ0) is 16.9. The van der Waals surface area contributed by atoms with Crippen molar-refractivity contribution >= 4 is 10.1 Å². The van der Waals surface area contributed by atoms with Crippen LogP contribution < -0.4 is 13.7 Å². The first-order valence-corrected chi connectivity index (χ1v) is 8.78. The van der Waals surface area contributed by atoms with Crippen LogP contribution in [0, 0.1) is 6.92 Å². The second-order valence-corrected chi connectivity index (χ2v) is 6.32. The molecular weight excluding hydrogens is 316 g/mol. The van der Waals surface area contributed by atoms with E-state index >= 15 is 0 Å². The number of ether oxygens (including phenoxy) is 2. The molecule has 6 heteroatoms. The van der Waals surface area contributed by atoms with Crippen LogP contribution in [0.25, 0.3) is 0 Å². The standard InChI is InChI=1S/C17H20O5S/c1-4-20-16-11-10-14(12-17(16)21-5-2)23(18,19)22-15-9-7-6-8-13(15)3/h6-12H,4-5H2,1-3H3. The molecule has 0 atom stereocenters. The molecule has 0 aliphatic carbocycles. The lowest BCUT2D eigenvalue weighted by atomic mass is 10.2. The van der Waals surface area contributed by atoms with Gasteiger partial charge in [0.25, 0.3) is 0 Å². The van der Waals surface area contributed by atoms with Crippen LogP contribution in [0.5, 0.6) is 17.2 Å². The van der Waals surface area contributed by atoms with E-state index in [9.17, 15) is 8.42 Å². The van der Waals surface area contributed by atoms with Crippen molar-refractivity contribution in [2.45, 2.75) is 25.7 Å². The predicted molar refractivity (Wildman–Crippen MR) is 87.8 cm³/mol. The fraction of sp³-hybridized carbons (Fsp3) is 0.294. The molecule has 0 N–H and O–H groups in total. The topological polar surface area (TPSA) is 61.8 Å². The smallest absolute Gasteiger partial charge is 0.339 e. The Kier molecular flexibility index (Phi) is 5.50. The van der Waals surface area contributed by atoms with E-state index in [4.69, 9.17) is 13.7 Å². The summed E-state index contributed by atoms with van der Waals surface area (Å²) in [6, 6.07) is 11.4. The third kappa shape index (κ3) is 4.16. The van der Waals surface area contributed by atoms with Gasteiger partial charge >= 0.3 is 10.1 Å². The van der Waals surface area contributed by atoms with E-state index in [1.807, 2.05) is 19.9 Å². The number of aryl methyl sites for hydroxylation is 1. The first kappa shape index (κ1) is 17.1. The van der Waals surface area contributed by atoms with Crippen LogP contribution in [-0.2, 0) is 10.1 Å². The molecule has 0 radical (unpaired) electrons. The van der Waals surface area contributed by atoms with Gasteiger partial charge in [0.15, 0.2) is 11.5 Å². The van der Waals surface area contributed by atoms with Crippen LogP contribution in [0.1, 0.15) is 19.4 Å². The first-order chi connectivity index (χ1) is 11.0. The molecule has 0 aromatic heterocycles. The van der Waals surface area contributed by atoms with Gasteiger partial charge in [0.05, 0.1) is 13.2 Å². The summed E-state index contributed by atoms with van der Waals surface area (Å²) >= 11 is 0. The van der Waals surface area contributed by atoms with Crippen LogP contribution in [-0.4, -0.2) is 21.6 Å². The van der Waals surface area contributed by atoms with Crippen molar-refractivity contribution < 1.29 is 22.1 Å². The third-order valence-corrected chi connectivity index (χ3v) is 4.33. The van der Waals surface area contributed by atoms with Crippen LogP contribution in [0.3, 0.4) is 0 Å². The van der Waals surface area contributed by atoms with Gasteiger partial charge in [0.1, 0.15) is 10.6 Å². The van der Waals surface area contributed by atoms with Gasteiger partial charge in [-0.25, -0.2) is 0 Å². The van der Waals surface area contributed by atoms with Crippen molar-refractivity contribution in [3.63, 3.8) is 0 Å². The van der Waals surface area contributed by atoms with Crippen molar-refractivity contribution in [3.05, 3.63) is 48.0 Å². The van der Waals surface area contributed by atoms with Gasteiger partial charge in [-0.05, 0) is 44.5 Å². The molecule has 2 aromatic rings. The summed E-state index contributed by atoms with van der Waals surface area (Å²) in [5.74, 6) is 1.19. The van der Waals surface area contributed by atoms with Gasteiger partial charge in [0, 0.05) is 6.07 Å². The second kappa shape index (κ2) is 7.37. The Labute approximate surface area is 136 Å². The van der Waals surface area contributed by atoms with Gasteiger partial charge in [-0.1, -0.05) is 18.2 Å². The number of hydrogen-bond acceptors (Lipinski definition) is 5. The van der Waals surface area contributed by atoms with Gasteiger partial charge in [0.2, 0.25) is 0 Å². The van der Waals surface area contributed by atoms with E-state index in [-0.39, 0.29) is 4.90 Å². The van der Waals surface area contributed by atoms with E-state index in [2.05, 4.69) is 0 Å². The SMILES string of the molecule is CCOc1ccc(S(=O)(=O)Oc2ccccc2C)cc1OCC. The molecule has 124 valence electrons. The van der Waals surface area contributed by atoms with Crippen LogP contribution in [0.15, 0.2) is 47.4 Å². The number of para-hydroxylation sites is 1. The van der Waals surface area contributed by atoms with Crippen molar-refractivity contribution in [2.24, 2.45) is 0 Å². The Bertz CT molecular complexity index is 768. The maximum atomic E-state index is 12.5. The molecule has 5 nitrogen and oxygen atoms in total. The average molecular weight is 336 g/mol. The Morgan fingerprint density at radius 3 is 2.17 bits per heavy atom. The molecule has 23 heavy (non-hydrogen) atoms. The fourth-order valence-electron chi connectivity index (χ4n) is 2.00. The third-order valence-electron chi connectivity index (χ3n) is 3.10. The molecule has 2 aromatic carbocycles. The molecule has 2 rings (SSSR count). The van der Waals surface area contributed by atoms with Gasteiger partial charge in [-0.15, -0.1) is 0 Å². The number of benzene rings is 2. The minimum Gasteiger partial charge on any atom is -0.490 e. The maximum absolute atomic E-state index is 12.5. The summed E-state index contributed by atoms with van der Waals surface area (Å²) in [5, 5.41) is 0.